The van der Waals surface area contributed by atoms with Crippen molar-refractivity contribution in [3.63, 3.8) is 0 Å². The third-order valence-electron chi connectivity index (χ3n) is 0.798. The zero-order valence-electron chi connectivity index (χ0n) is 4.35. The van der Waals surface area contributed by atoms with E-state index in [1.54, 1.807) is 0 Å². The first-order valence-electron chi connectivity index (χ1n) is 2.15. The second-order valence-corrected chi connectivity index (χ2v) is 3.57. The summed E-state index contributed by atoms with van der Waals surface area (Å²) in [5.74, 6) is 0. The van der Waals surface area contributed by atoms with E-state index in [1.807, 2.05) is 0 Å². The van der Waals surface area contributed by atoms with Gasteiger partial charge >= 0.3 is 0 Å². The fraction of sp³-hybridized carbons (Fsp3) is 1.00. The second kappa shape index (κ2) is 2.84. The molecule has 0 aromatic rings. The number of hydrogen-bond donors (Lipinski definition) is 1. The maximum absolute atomic E-state index is 10.5. The molecule has 0 radical (unpaired) electrons. The van der Waals surface area contributed by atoms with E-state index in [0.29, 0.717) is 0 Å². The molecule has 0 aliphatic carbocycles. The lowest BCUT2D eigenvalue weighted by Crippen LogP contribution is -2.22. The highest BCUT2D eigenvalue weighted by molar-refractivity contribution is 7.92. The molecule has 1 aliphatic rings. The highest BCUT2D eigenvalue weighted by atomic mass is 32.3. The molecule has 1 saturated heterocycles. The van der Waals surface area contributed by atoms with Crippen molar-refractivity contribution < 1.29 is 17.2 Å². The average molecular weight is 171 g/mol. The van der Waals surface area contributed by atoms with Crippen molar-refractivity contribution in [1.29, 1.82) is 0 Å². The Kier molecular flexibility index (Phi) is 2.30. The van der Waals surface area contributed by atoms with Crippen LogP contribution in [0.15, 0.2) is 0 Å². The third kappa shape index (κ3) is 1.55. The Balaban J connectivity index is 2.60. The quantitative estimate of drug-likeness (QED) is 0.516. The van der Waals surface area contributed by atoms with Gasteiger partial charge < -0.3 is 0 Å². The minimum absolute atomic E-state index is 0.246. The molecule has 1 aliphatic heterocycles. The Labute approximate surface area is 57.2 Å². The van der Waals surface area contributed by atoms with Gasteiger partial charge in [0, 0.05) is 0 Å². The monoisotopic (exact) mass is 171 g/mol. The summed E-state index contributed by atoms with van der Waals surface area (Å²) in [6.45, 7) is 0.495. The smallest absolute Gasteiger partial charge is 0.251 e. The molecule has 5 nitrogen and oxygen atoms in total. The van der Waals surface area contributed by atoms with Crippen LogP contribution in [0.3, 0.4) is 0 Å². The highest BCUT2D eigenvalue weighted by Crippen LogP contribution is 2.06. The first kappa shape index (κ1) is 7.29. The summed E-state index contributed by atoms with van der Waals surface area (Å²) in [5.41, 5.74) is 0. The summed E-state index contributed by atoms with van der Waals surface area (Å²) in [7, 11) is 0. The van der Waals surface area contributed by atoms with Gasteiger partial charge in [0.05, 0.1) is 13.2 Å². The molecular formula is C2H5NO4S2. The summed E-state index contributed by atoms with van der Waals surface area (Å²) in [6.07, 6.45) is 0. The number of rotatable bonds is 1. The zero-order chi connectivity index (χ0) is 6.85. The first-order chi connectivity index (χ1) is 4.22. The minimum atomic E-state index is -2.16. The van der Waals surface area contributed by atoms with Gasteiger partial charge in [-0.15, -0.1) is 0 Å². The van der Waals surface area contributed by atoms with Crippen LogP contribution in [0, 0.1) is 0 Å². The molecule has 9 heavy (non-hydrogen) atoms. The fourth-order valence-electron chi connectivity index (χ4n) is 0.447. The summed E-state index contributed by atoms with van der Waals surface area (Å²) in [5, 5.41) is 0. The molecule has 1 heterocycles. The van der Waals surface area contributed by atoms with Gasteiger partial charge in [0.15, 0.2) is 0 Å². The summed E-state index contributed by atoms with van der Waals surface area (Å²) >= 11 is -3.87. The van der Waals surface area contributed by atoms with Gasteiger partial charge in [-0.2, -0.15) is 0 Å². The van der Waals surface area contributed by atoms with Crippen LogP contribution >= 0.6 is 0 Å². The normalized spacial score (nSPS) is 32.8. The van der Waals surface area contributed by atoms with E-state index in [-0.39, 0.29) is 13.2 Å². The van der Waals surface area contributed by atoms with E-state index in [4.69, 9.17) is 4.55 Å². The van der Waals surface area contributed by atoms with Crippen molar-refractivity contribution in [1.82, 2.24) is 3.71 Å². The predicted molar refractivity (Wildman–Crippen MR) is 31.6 cm³/mol. The van der Waals surface area contributed by atoms with Gasteiger partial charge in [-0.1, -0.05) is 3.71 Å². The van der Waals surface area contributed by atoms with Crippen LogP contribution in [0.2, 0.25) is 0 Å². The molecule has 0 amide bonds. The molecule has 0 saturated carbocycles. The molecule has 0 aromatic carbocycles. The van der Waals surface area contributed by atoms with Gasteiger partial charge in [0.1, 0.15) is 0 Å². The van der Waals surface area contributed by atoms with Gasteiger partial charge in [0.25, 0.3) is 11.3 Å². The van der Waals surface area contributed by atoms with Crippen LogP contribution < -0.4 is 0 Å². The maximum atomic E-state index is 10.5. The van der Waals surface area contributed by atoms with Crippen molar-refractivity contribution in [2.45, 2.75) is 0 Å². The third-order valence-corrected chi connectivity index (χ3v) is 2.96. The molecular weight excluding hydrogens is 166 g/mol. The van der Waals surface area contributed by atoms with Crippen LogP contribution in [-0.4, -0.2) is 29.8 Å². The van der Waals surface area contributed by atoms with Gasteiger partial charge in [-0.3, -0.25) is 8.74 Å². The lowest BCUT2D eigenvalue weighted by Gasteiger charge is -2.01. The summed E-state index contributed by atoms with van der Waals surface area (Å²) in [4.78, 5) is 0. The Bertz CT molecular complexity index is 159. The molecule has 0 bridgehead atoms. The van der Waals surface area contributed by atoms with Gasteiger partial charge in [-0.25, -0.2) is 8.42 Å². The second-order valence-electron chi connectivity index (χ2n) is 1.33. The number of nitrogens with zero attached hydrogens (tertiary/aromatic N) is 1. The van der Waals surface area contributed by atoms with Crippen LogP contribution in [0.1, 0.15) is 0 Å². The Morgan fingerprint density at radius 1 is 1.78 bits per heavy atom. The topological polar surface area (TPSA) is 66.8 Å². The van der Waals surface area contributed by atoms with Crippen molar-refractivity contribution in [2.75, 3.05) is 13.2 Å². The Morgan fingerprint density at radius 3 is 2.67 bits per heavy atom. The van der Waals surface area contributed by atoms with E-state index in [9.17, 15) is 8.42 Å². The van der Waals surface area contributed by atoms with Gasteiger partial charge in [-0.05, 0) is 0 Å². The van der Waals surface area contributed by atoms with Crippen molar-refractivity contribution in [3.8, 4) is 0 Å². The highest BCUT2D eigenvalue weighted by Gasteiger charge is 2.25. The molecule has 54 valence electrons. The number of hydrogen-bond acceptors (Lipinski definition) is 3. The standard InChI is InChI=1S/C2H5NO4S2/c4-8(5)3-1-2-7-9(3)6/h1-2H2,(H,4,5). The van der Waals surface area contributed by atoms with Crippen LogP contribution in [0.25, 0.3) is 0 Å². The average Bonchev–Trinajstić information content (AvgIpc) is 2.13. The fourth-order valence-corrected chi connectivity index (χ4v) is 1.78. The largest absolute Gasteiger partial charge is 0.293 e. The van der Waals surface area contributed by atoms with Crippen molar-refractivity contribution >= 4 is 22.5 Å². The Morgan fingerprint density at radius 2 is 2.44 bits per heavy atom. The molecule has 2 atom stereocenters. The zero-order valence-corrected chi connectivity index (χ0v) is 5.98. The van der Waals surface area contributed by atoms with E-state index < -0.39 is 22.5 Å². The van der Waals surface area contributed by atoms with Crippen molar-refractivity contribution in [2.24, 2.45) is 0 Å². The molecule has 7 heteroatoms. The first-order valence-corrected chi connectivity index (χ1v) is 4.25. The van der Waals surface area contributed by atoms with Crippen LogP contribution in [0.5, 0.6) is 0 Å². The maximum Gasteiger partial charge on any atom is 0.251 e. The van der Waals surface area contributed by atoms with E-state index >= 15 is 0 Å². The molecule has 1 fully saturated rings. The molecule has 0 spiro atoms. The van der Waals surface area contributed by atoms with Crippen molar-refractivity contribution in [3.05, 3.63) is 0 Å². The van der Waals surface area contributed by atoms with E-state index in [1.165, 1.54) is 0 Å². The molecule has 2 unspecified atom stereocenters. The van der Waals surface area contributed by atoms with E-state index in [2.05, 4.69) is 4.18 Å². The molecule has 1 rings (SSSR count). The lowest BCUT2D eigenvalue weighted by molar-refractivity contribution is 0.390. The minimum Gasteiger partial charge on any atom is -0.293 e. The SMILES string of the molecule is O=S(O)N1CCOS1=O. The lowest BCUT2D eigenvalue weighted by atomic mass is 10.8. The van der Waals surface area contributed by atoms with Crippen LogP contribution in [-0.2, 0) is 26.7 Å². The predicted octanol–water partition coefficient (Wildman–Crippen LogP) is -0.966. The van der Waals surface area contributed by atoms with Crippen LogP contribution in [0.4, 0.5) is 0 Å². The van der Waals surface area contributed by atoms with E-state index in [0.717, 1.165) is 3.71 Å². The molecule has 0 aromatic heterocycles. The summed E-state index contributed by atoms with van der Waals surface area (Å²) < 4.78 is 34.3. The molecule has 1 N–H and O–H groups in total. The Hall–Kier alpha value is 0.180. The van der Waals surface area contributed by atoms with Gasteiger partial charge in [0.2, 0.25) is 11.3 Å². The summed E-state index contributed by atoms with van der Waals surface area (Å²) in [6, 6.07) is 0.